The van der Waals surface area contributed by atoms with E-state index in [0.717, 1.165) is 25.9 Å². The zero-order chi connectivity index (χ0) is 15.0. The van der Waals surface area contributed by atoms with Gasteiger partial charge in [-0.15, -0.1) is 0 Å². The molecule has 1 aliphatic rings. The Bertz CT molecular complexity index is 316. The van der Waals surface area contributed by atoms with Crippen LogP contribution in [0.1, 0.15) is 39.5 Å². The molecule has 1 saturated heterocycles. The lowest BCUT2D eigenvalue weighted by atomic mass is 10.1. The number of rotatable bonds is 7. The van der Waals surface area contributed by atoms with Crippen LogP contribution in [0, 0.1) is 0 Å². The number of aliphatic hydroxyl groups is 1. The number of piperidine rings is 1. The maximum atomic E-state index is 12.1. The monoisotopic (exact) mass is 286 g/mol. The summed E-state index contributed by atoms with van der Waals surface area (Å²) in [4.78, 5) is 25.2. The molecule has 116 valence electrons. The minimum absolute atomic E-state index is 0.0501. The molecule has 2 atom stereocenters. The predicted molar refractivity (Wildman–Crippen MR) is 75.2 cm³/mol. The summed E-state index contributed by atoms with van der Waals surface area (Å²) in [5, 5.41) is 12.7. The zero-order valence-corrected chi connectivity index (χ0v) is 12.4. The molecule has 0 aromatic rings. The van der Waals surface area contributed by atoms with Crippen LogP contribution >= 0.6 is 0 Å². The number of nitrogens with one attached hydrogen (secondary N) is 1. The predicted octanol–water partition coefficient (Wildman–Crippen LogP) is 0.291. The Morgan fingerprint density at radius 3 is 2.55 bits per heavy atom. The summed E-state index contributed by atoms with van der Waals surface area (Å²) in [6, 6.07) is -0.343. The van der Waals surface area contributed by atoms with E-state index < -0.39 is 12.1 Å². The Hall–Kier alpha value is -1.14. The SMILES string of the molecule is CCOC(=O)CC(O)CNC(C)C(=O)N1CCCCC1. The molecule has 2 N–H and O–H groups in total. The molecule has 1 amide bonds. The normalized spacial score (nSPS) is 18.4. The number of carbonyl (C=O) groups excluding carboxylic acids is 2. The molecule has 2 unspecified atom stereocenters. The van der Waals surface area contributed by atoms with Gasteiger partial charge in [-0.3, -0.25) is 9.59 Å². The number of aliphatic hydroxyl groups excluding tert-OH is 1. The van der Waals surface area contributed by atoms with Crippen LogP contribution < -0.4 is 5.32 Å². The van der Waals surface area contributed by atoms with Crippen molar-refractivity contribution in [3.8, 4) is 0 Å². The molecular formula is C14H26N2O4. The van der Waals surface area contributed by atoms with E-state index in [1.807, 2.05) is 4.90 Å². The molecular weight excluding hydrogens is 260 g/mol. The Morgan fingerprint density at radius 2 is 1.95 bits per heavy atom. The van der Waals surface area contributed by atoms with Crippen molar-refractivity contribution >= 4 is 11.9 Å². The van der Waals surface area contributed by atoms with Crippen molar-refractivity contribution in [1.29, 1.82) is 0 Å². The molecule has 6 heteroatoms. The van der Waals surface area contributed by atoms with Gasteiger partial charge >= 0.3 is 5.97 Å². The second-order valence-corrected chi connectivity index (χ2v) is 5.18. The first kappa shape index (κ1) is 16.9. The molecule has 0 saturated carbocycles. The minimum atomic E-state index is -0.828. The minimum Gasteiger partial charge on any atom is -0.466 e. The van der Waals surface area contributed by atoms with Gasteiger partial charge in [0.05, 0.1) is 25.2 Å². The maximum absolute atomic E-state index is 12.1. The average Bonchev–Trinajstić information content (AvgIpc) is 2.45. The third kappa shape index (κ3) is 5.88. The van der Waals surface area contributed by atoms with E-state index in [0.29, 0.717) is 6.61 Å². The van der Waals surface area contributed by atoms with Gasteiger partial charge in [-0.1, -0.05) is 0 Å². The number of ether oxygens (including phenoxy) is 1. The summed E-state index contributed by atoms with van der Waals surface area (Å²) < 4.78 is 4.76. The van der Waals surface area contributed by atoms with Crippen LogP contribution in [0.5, 0.6) is 0 Å². The number of amides is 1. The van der Waals surface area contributed by atoms with Crippen molar-refractivity contribution in [1.82, 2.24) is 10.2 Å². The quantitative estimate of drug-likeness (QED) is 0.658. The first-order valence-corrected chi connectivity index (χ1v) is 7.40. The van der Waals surface area contributed by atoms with Crippen LogP contribution in [0.15, 0.2) is 0 Å². The van der Waals surface area contributed by atoms with E-state index in [1.165, 1.54) is 6.42 Å². The number of nitrogens with zero attached hydrogens (tertiary/aromatic N) is 1. The van der Waals surface area contributed by atoms with Gasteiger partial charge in [-0.2, -0.15) is 0 Å². The van der Waals surface area contributed by atoms with Crippen LogP contribution in [-0.4, -0.2) is 60.3 Å². The van der Waals surface area contributed by atoms with Crippen molar-refractivity contribution in [3.63, 3.8) is 0 Å². The summed E-state index contributed by atoms with van der Waals surface area (Å²) in [5.74, 6) is -0.357. The first-order chi connectivity index (χ1) is 9.54. The van der Waals surface area contributed by atoms with Crippen molar-refractivity contribution in [2.45, 2.75) is 51.7 Å². The summed E-state index contributed by atoms with van der Waals surface area (Å²) in [7, 11) is 0. The van der Waals surface area contributed by atoms with Gasteiger partial charge in [0.25, 0.3) is 0 Å². The number of likely N-dealkylation sites (tertiary alicyclic amines) is 1. The van der Waals surface area contributed by atoms with Gasteiger partial charge in [-0.05, 0) is 33.1 Å². The number of esters is 1. The van der Waals surface area contributed by atoms with Gasteiger partial charge in [0.2, 0.25) is 5.91 Å². The van der Waals surface area contributed by atoms with E-state index in [9.17, 15) is 14.7 Å². The second kappa shape index (κ2) is 8.92. The topological polar surface area (TPSA) is 78.9 Å². The summed E-state index contributed by atoms with van der Waals surface area (Å²) >= 11 is 0. The molecule has 0 spiro atoms. The molecule has 1 heterocycles. The van der Waals surface area contributed by atoms with E-state index >= 15 is 0 Å². The number of hydrogen-bond acceptors (Lipinski definition) is 5. The zero-order valence-electron chi connectivity index (χ0n) is 12.4. The van der Waals surface area contributed by atoms with Crippen molar-refractivity contribution in [2.75, 3.05) is 26.2 Å². The molecule has 1 aliphatic heterocycles. The Morgan fingerprint density at radius 1 is 1.30 bits per heavy atom. The van der Waals surface area contributed by atoms with Gasteiger partial charge in [0.15, 0.2) is 0 Å². The molecule has 1 fully saturated rings. The standard InChI is InChI=1S/C14H26N2O4/c1-3-20-13(18)9-12(17)10-15-11(2)14(19)16-7-5-4-6-8-16/h11-12,15,17H,3-10H2,1-2H3. The van der Waals surface area contributed by atoms with Crippen LogP contribution in [0.3, 0.4) is 0 Å². The Labute approximate surface area is 120 Å². The van der Waals surface area contributed by atoms with Gasteiger partial charge in [0.1, 0.15) is 0 Å². The van der Waals surface area contributed by atoms with Gasteiger partial charge in [-0.25, -0.2) is 0 Å². The highest BCUT2D eigenvalue weighted by Crippen LogP contribution is 2.10. The molecule has 0 aliphatic carbocycles. The first-order valence-electron chi connectivity index (χ1n) is 7.40. The Balaban J connectivity index is 2.25. The molecule has 0 aromatic heterocycles. The third-order valence-corrected chi connectivity index (χ3v) is 3.41. The van der Waals surface area contributed by atoms with Crippen LogP contribution in [0.25, 0.3) is 0 Å². The number of carbonyl (C=O) groups is 2. The molecule has 0 aromatic carbocycles. The van der Waals surface area contributed by atoms with Gasteiger partial charge < -0.3 is 20.1 Å². The van der Waals surface area contributed by atoms with E-state index in [-0.39, 0.29) is 24.9 Å². The fourth-order valence-electron chi connectivity index (χ4n) is 2.27. The maximum Gasteiger partial charge on any atom is 0.308 e. The van der Waals surface area contributed by atoms with Crippen molar-refractivity contribution in [2.24, 2.45) is 0 Å². The van der Waals surface area contributed by atoms with E-state index in [1.54, 1.807) is 13.8 Å². The Kier molecular flexibility index (Phi) is 7.54. The summed E-state index contributed by atoms with van der Waals surface area (Å²) in [6.45, 7) is 5.66. The van der Waals surface area contributed by atoms with Crippen LogP contribution in [0.2, 0.25) is 0 Å². The highest BCUT2D eigenvalue weighted by atomic mass is 16.5. The van der Waals surface area contributed by atoms with E-state index in [4.69, 9.17) is 4.74 Å². The van der Waals surface area contributed by atoms with Crippen LogP contribution in [-0.2, 0) is 14.3 Å². The lowest BCUT2D eigenvalue weighted by Crippen LogP contribution is -2.48. The lowest BCUT2D eigenvalue weighted by Gasteiger charge is -2.29. The van der Waals surface area contributed by atoms with E-state index in [2.05, 4.69) is 5.32 Å². The highest BCUT2D eigenvalue weighted by Gasteiger charge is 2.22. The summed E-state index contributed by atoms with van der Waals surface area (Å²) in [6.07, 6.45) is 2.43. The molecule has 6 nitrogen and oxygen atoms in total. The average molecular weight is 286 g/mol. The number of hydrogen-bond donors (Lipinski definition) is 2. The molecule has 0 bridgehead atoms. The molecule has 0 radical (unpaired) electrons. The third-order valence-electron chi connectivity index (χ3n) is 3.41. The fourth-order valence-corrected chi connectivity index (χ4v) is 2.27. The summed E-state index contributed by atoms with van der Waals surface area (Å²) in [5.41, 5.74) is 0. The second-order valence-electron chi connectivity index (χ2n) is 5.18. The highest BCUT2D eigenvalue weighted by molar-refractivity contribution is 5.81. The molecule has 1 rings (SSSR count). The smallest absolute Gasteiger partial charge is 0.308 e. The van der Waals surface area contributed by atoms with Gasteiger partial charge in [0, 0.05) is 19.6 Å². The largest absolute Gasteiger partial charge is 0.466 e. The lowest BCUT2D eigenvalue weighted by molar-refractivity contribution is -0.145. The molecule has 20 heavy (non-hydrogen) atoms. The van der Waals surface area contributed by atoms with Crippen molar-refractivity contribution < 1.29 is 19.4 Å². The van der Waals surface area contributed by atoms with Crippen molar-refractivity contribution in [3.05, 3.63) is 0 Å². The van der Waals surface area contributed by atoms with Crippen LogP contribution in [0.4, 0.5) is 0 Å². The fraction of sp³-hybridized carbons (Fsp3) is 0.857.